The number of methoxy groups -OCH3 is 1. The summed E-state index contributed by atoms with van der Waals surface area (Å²) in [6, 6.07) is 5.84. The van der Waals surface area contributed by atoms with Crippen LogP contribution in [0.2, 0.25) is 0 Å². The van der Waals surface area contributed by atoms with Gasteiger partial charge >= 0.3 is 0 Å². The first-order valence-corrected chi connectivity index (χ1v) is 4.98. The number of hydrogen-bond acceptors (Lipinski definition) is 2. The van der Waals surface area contributed by atoms with Gasteiger partial charge in [-0.1, -0.05) is 15.9 Å². The Bertz CT molecular complexity index is 355. The zero-order valence-corrected chi connectivity index (χ0v) is 9.18. The van der Waals surface area contributed by atoms with Crippen LogP contribution in [0.15, 0.2) is 12.1 Å². The van der Waals surface area contributed by atoms with Gasteiger partial charge in [0.25, 0.3) is 0 Å². The topological polar surface area (TPSA) is 33.0 Å². The molecule has 2 nitrogen and oxygen atoms in total. The molecule has 1 aromatic rings. The van der Waals surface area contributed by atoms with E-state index in [1.165, 1.54) is 0 Å². The maximum Gasteiger partial charge on any atom is 0.136 e. The molecule has 1 rings (SSSR count). The Morgan fingerprint density at radius 2 is 2.23 bits per heavy atom. The molecule has 1 aromatic carbocycles. The van der Waals surface area contributed by atoms with Crippen LogP contribution in [0, 0.1) is 18.3 Å². The minimum Gasteiger partial charge on any atom is -0.495 e. The second kappa shape index (κ2) is 4.29. The Labute approximate surface area is 86.3 Å². The van der Waals surface area contributed by atoms with Crippen molar-refractivity contribution < 1.29 is 4.74 Å². The third-order valence-corrected chi connectivity index (χ3v) is 2.53. The van der Waals surface area contributed by atoms with Gasteiger partial charge in [-0.15, -0.1) is 0 Å². The molecule has 0 aliphatic rings. The Kier molecular flexibility index (Phi) is 3.32. The number of nitriles is 1. The second-order valence-corrected chi connectivity index (χ2v) is 3.29. The average Bonchev–Trinajstić information content (AvgIpc) is 2.17. The first-order valence-electron chi connectivity index (χ1n) is 3.86. The highest BCUT2D eigenvalue weighted by Crippen LogP contribution is 2.23. The fraction of sp³-hybridized carbons (Fsp3) is 0.300. The lowest BCUT2D eigenvalue weighted by Gasteiger charge is -2.07. The lowest BCUT2D eigenvalue weighted by atomic mass is 10.1. The Morgan fingerprint density at radius 3 is 2.69 bits per heavy atom. The summed E-state index contributed by atoms with van der Waals surface area (Å²) in [6.07, 6.45) is 0. The normalized spacial score (nSPS) is 9.38. The highest BCUT2D eigenvalue weighted by molar-refractivity contribution is 9.08. The molecule has 0 spiro atoms. The summed E-state index contributed by atoms with van der Waals surface area (Å²) in [5, 5.41) is 9.58. The minimum atomic E-state index is 0.586. The summed E-state index contributed by atoms with van der Waals surface area (Å²) in [5.74, 6) is 0.643. The van der Waals surface area contributed by atoms with Gasteiger partial charge in [0.15, 0.2) is 0 Å². The van der Waals surface area contributed by atoms with Crippen LogP contribution < -0.4 is 4.74 Å². The predicted molar refractivity (Wildman–Crippen MR) is 55.1 cm³/mol. The molecule has 0 saturated carbocycles. The molecule has 0 aliphatic carbocycles. The standard InChI is InChI=1S/C10H10BrNO/c1-7-3-10(13-2)9(6-12)4-8(7)5-11/h3-4H,5H2,1-2H3. The number of benzene rings is 1. The third kappa shape index (κ3) is 2.02. The Hall–Kier alpha value is -1.01. The molecule has 0 unspecified atom stereocenters. The van der Waals surface area contributed by atoms with Gasteiger partial charge in [0, 0.05) is 5.33 Å². The van der Waals surface area contributed by atoms with E-state index in [-0.39, 0.29) is 0 Å². The SMILES string of the molecule is COc1cc(C)c(CBr)cc1C#N. The molecule has 0 saturated heterocycles. The summed E-state index contributed by atoms with van der Waals surface area (Å²) in [7, 11) is 1.57. The zero-order valence-electron chi connectivity index (χ0n) is 7.60. The van der Waals surface area contributed by atoms with Gasteiger partial charge in [-0.2, -0.15) is 5.26 Å². The monoisotopic (exact) mass is 239 g/mol. The number of alkyl halides is 1. The largest absolute Gasteiger partial charge is 0.495 e. The molecular weight excluding hydrogens is 230 g/mol. The van der Waals surface area contributed by atoms with Gasteiger partial charge in [0.1, 0.15) is 11.8 Å². The van der Waals surface area contributed by atoms with Crippen LogP contribution >= 0.6 is 15.9 Å². The van der Waals surface area contributed by atoms with Crippen LogP contribution in [0.3, 0.4) is 0 Å². The van der Waals surface area contributed by atoms with Gasteiger partial charge in [-0.05, 0) is 30.2 Å². The fourth-order valence-corrected chi connectivity index (χ4v) is 1.73. The van der Waals surface area contributed by atoms with E-state index in [4.69, 9.17) is 10.00 Å². The minimum absolute atomic E-state index is 0.586. The average molecular weight is 240 g/mol. The molecule has 0 N–H and O–H groups in total. The van der Waals surface area contributed by atoms with E-state index in [9.17, 15) is 0 Å². The van der Waals surface area contributed by atoms with Crippen LogP contribution in [0.4, 0.5) is 0 Å². The lowest BCUT2D eigenvalue weighted by molar-refractivity contribution is 0.413. The fourth-order valence-electron chi connectivity index (χ4n) is 1.13. The van der Waals surface area contributed by atoms with Crippen LogP contribution in [-0.2, 0) is 5.33 Å². The number of aryl methyl sites for hydroxylation is 1. The highest BCUT2D eigenvalue weighted by Gasteiger charge is 2.06. The summed E-state index contributed by atoms with van der Waals surface area (Å²) in [6.45, 7) is 2.00. The van der Waals surface area contributed by atoms with Crippen LogP contribution in [0.25, 0.3) is 0 Å². The van der Waals surface area contributed by atoms with Gasteiger partial charge in [-0.25, -0.2) is 0 Å². The van der Waals surface area contributed by atoms with Crippen molar-refractivity contribution in [2.24, 2.45) is 0 Å². The predicted octanol–water partition coefficient (Wildman–Crippen LogP) is 2.77. The van der Waals surface area contributed by atoms with Crippen molar-refractivity contribution in [1.82, 2.24) is 0 Å². The molecule has 0 fully saturated rings. The van der Waals surface area contributed by atoms with Crippen molar-refractivity contribution in [2.75, 3.05) is 7.11 Å². The van der Waals surface area contributed by atoms with E-state index in [0.717, 1.165) is 16.5 Å². The number of ether oxygens (including phenoxy) is 1. The summed E-state index contributed by atoms with van der Waals surface area (Å²) < 4.78 is 5.08. The first kappa shape index (κ1) is 10.1. The number of nitrogens with zero attached hydrogens (tertiary/aromatic N) is 1. The molecule has 0 radical (unpaired) electrons. The Balaban J connectivity index is 3.28. The number of halogens is 1. The molecular formula is C10H10BrNO. The van der Waals surface area contributed by atoms with Crippen molar-refractivity contribution in [1.29, 1.82) is 5.26 Å². The van der Waals surface area contributed by atoms with Gasteiger partial charge in [0.05, 0.1) is 12.7 Å². The number of rotatable bonds is 2. The smallest absolute Gasteiger partial charge is 0.136 e. The van der Waals surface area contributed by atoms with Crippen molar-refractivity contribution in [3.8, 4) is 11.8 Å². The van der Waals surface area contributed by atoms with E-state index in [0.29, 0.717) is 11.3 Å². The number of hydrogen-bond donors (Lipinski definition) is 0. The maximum atomic E-state index is 8.82. The molecule has 0 heterocycles. The van der Waals surface area contributed by atoms with E-state index >= 15 is 0 Å². The van der Waals surface area contributed by atoms with E-state index in [2.05, 4.69) is 22.0 Å². The van der Waals surface area contributed by atoms with Gasteiger partial charge in [0.2, 0.25) is 0 Å². The molecule has 0 amide bonds. The molecule has 68 valence electrons. The van der Waals surface area contributed by atoms with Crippen molar-refractivity contribution in [3.63, 3.8) is 0 Å². The molecule has 0 aliphatic heterocycles. The maximum absolute atomic E-state index is 8.82. The van der Waals surface area contributed by atoms with Crippen LogP contribution in [0.1, 0.15) is 16.7 Å². The summed E-state index contributed by atoms with van der Waals surface area (Å²) >= 11 is 3.37. The second-order valence-electron chi connectivity index (χ2n) is 2.72. The summed E-state index contributed by atoms with van der Waals surface area (Å²) in [4.78, 5) is 0. The van der Waals surface area contributed by atoms with Gasteiger partial charge < -0.3 is 4.74 Å². The van der Waals surface area contributed by atoms with Crippen molar-refractivity contribution in [3.05, 3.63) is 28.8 Å². The summed E-state index contributed by atoms with van der Waals surface area (Å²) in [5.41, 5.74) is 2.84. The zero-order chi connectivity index (χ0) is 9.84. The lowest BCUT2D eigenvalue weighted by Crippen LogP contribution is -1.92. The van der Waals surface area contributed by atoms with Crippen molar-refractivity contribution >= 4 is 15.9 Å². The highest BCUT2D eigenvalue weighted by atomic mass is 79.9. The third-order valence-electron chi connectivity index (χ3n) is 1.92. The van der Waals surface area contributed by atoms with E-state index < -0.39 is 0 Å². The van der Waals surface area contributed by atoms with E-state index in [1.807, 2.05) is 19.1 Å². The molecule has 0 aromatic heterocycles. The van der Waals surface area contributed by atoms with Crippen molar-refractivity contribution in [2.45, 2.75) is 12.3 Å². The van der Waals surface area contributed by atoms with Gasteiger partial charge in [-0.3, -0.25) is 0 Å². The molecule has 0 atom stereocenters. The van der Waals surface area contributed by atoms with E-state index in [1.54, 1.807) is 7.11 Å². The van der Waals surface area contributed by atoms with Crippen LogP contribution in [-0.4, -0.2) is 7.11 Å². The van der Waals surface area contributed by atoms with Crippen LogP contribution in [0.5, 0.6) is 5.75 Å². The molecule has 13 heavy (non-hydrogen) atoms. The Morgan fingerprint density at radius 1 is 1.54 bits per heavy atom. The first-order chi connectivity index (χ1) is 6.22. The molecule has 3 heteroatoms. The molecule has 0 bridgehead atoms. The quantitative estimate of drug-likeness (QED) is 0.744.